The summed E-state index contributed by atoms with van der Waals surface area (Å²) in [7, 11) is 0. The first-order chi connectivity index (χ1) is 9.11. The maximum absolute atomic E-state index is 12.0. The van der Waals surface area contributed by atoms with Crippen LogP contribution >= 0.6 is 0 Å². The van der Waals surface area contributed by atoms with Crippen molar-refractivity contribution in [2.75, 3.05) is 13.1 Å². The van der Waals surface area contributed by atoms with E-state index in [1.807, 2.05) is 19.1 Å². The van der Waals surface area contributed by atoms with Crippen LogP contribution in [0.5, 0.6) is 0 Å². The van der Waals surface area contributed by atoms with E-state index in [1.54, 1.807) is 16.7 Å². The van der Waals surface area contributed by atoms with E-state index in [9.17, 15) is 9.90 Å². The van der Waals surface area contributed by atoms with Gasteiger partial charge in [0.25, 0.3) is 5.56 Å². The highest BCUT2D eigenvalue weighted by Crippen LogP contribution is 2.12. The van der Waals surface area contributed by atoms with E-state index in [2.05, 4.69) is 9.88 Å². The highest BCUT2D eigenvalue weighted by atomic mass is 16.3. The molecule has 0 amide bonds. The summed E-state index contributed by atoms with van der Waals surface area (Å²) in [5.74, 6) is 0. The zero-order chi connectivity index (χ0) is 13.4. The Morgan fingerprint density at radius 2 is 2.32 bits per heavy atom. The summed E-state index contributed by atoms with van der Waals surface area (Å²) in [6, 6.07) is 5.38. The number of nitrogens with zero attached hydrogens (tertiary/aromatic N) is 3. The van der Waals surface area contributed by atoms with Crippen molar-refractivity contribution in [2.24, 2.45) is 0 Å². The molecule has 5 heteroatoms. The number of β-amino-alcohol motifs (C(OH)–C–C–N with tert-alkyl or cyclic N) is 1. The Bertz CT molecular complexity index is 665. The van der Waals surface area contributed by atoms with Gasteiger partial charge in [-0.2, -0.15) is 0 Å². The molecule has 1 saturated heterocycles. The summed E-state index contributed by atoms with van der Waals surface area (Å²) in [6.45, 7) is 4.12. The molecule has 3 heterocycles. The van der Waals surface area contributed by atoms with Crippen molar-refractivity contribution in [2.45, 2.75) is 26.0 Å². The molecule has 0 aromatic carbocycles. The van der Waals surface area contributed by atoms with Crippen LogP contribution in [0.25, 0.3) is 5.65 Å². The second-order valence-electron chi connectivity index (χ2n) is 5.20. The molecule has 1 aliphatic rings. The first kappa shape index (κ1) is 12.3. The molecule has 2 aromatic heterocycles. The summed E-state index contributed by atoms with van der Waals surface area (Å²) in [4.78, 5) is 18.7. The number of aryl methyl sites for hydroxylation is 1. The molecule has 0 saturated carbocycles. The number of hydrogen-bond donors (Lipinski definition) is 1. The lowest BCUT2D eigenvalue weighted by atomic mass is 10.3. The van der Waals surface area contributed by atoms with Gasteiger partial charge in [0.15, 0.2) is 0 Å². The van der Waals surface area contributed by atoms with Crippen molar-refractivity contribution in [1.82, 2.24) is 14.3 Å². The van der Waals surface area contributed by atoms with Gasteiger partial charge in [-0.05, 0) is 31.0 Å². The zero-order valence-corrected chi connectivity index (χ0v) is 10.9. The lowest BCUT2D eigenvalue weighted by Gasteiger charge is -2.14. The lowest BCUT2D eigenvalue weighted by molar-refractivity contribution is 0.174. The molecule has 1 N–H and O–H groups in total. The quantitative estimate of drug-likeness (QED) is 0.856. The third-order valence-electron chi connectivity index (χ3n) is 3.51. The van der Waals surface area contributed by atoms with Crippen LogP contribution in [0, 0.1) is 6.92 Å². The average molecular weight is 259 g/mol. The van der Waals surface area contributed by atoms with Gasteiger partial charge in [-0.15, -0.1) is 0 Å². The molecular formula is C14H17N3O2. The largest absolute Gasteiger partial charge is 0.392 e. The average Bonchev–Trinajstić information content (AvgIpc) is 2.74. The molecule has 0 unspecified atom stereocenters. The Kier molecular flexibility index (Phi) is 3.08. The minimum Gasteiger partial charge on any atom is -0.392 e. The molecule has 5 nitrogen and oxygen atoms in total. The van der Waals surface area contributed by atoms with Crippen molar-refractivity contribution >= 4 is 5.65 Å². The van der Waals surface area contributed by atoms with E-state index < -0.39 is 0 Å². The minimum absolute atomic E-state index is 0.0558. The molecule has 0 spiro atoms. The van der Waals surface area contributed by atoms with Gasteiger partial charge in [0, 0.05) is 31.9 Å². The van der Waals surface area contributed by atoms with Crippen molar-refractivity contribution in [3.05, 3.63) is 46.0 Å². The number of aliphatic hydroxyl groups excluding tert-OH is 1. The third-order valence-corrected chi connectivity index (χ3v) is 3.51. The summed E-state index contributed by atoms with van der Waals surface area (Å²) in [5.41, 5.74) is 2.48. The SMILES string of the molecule is Cc1ccn2c(=O)cc(CN3CC[C@H](O)C3)nc2c1. The topological polar surface area (TPSA) is 57.8 Å². The van der Waals surface area contributed by atoms with Crippen LogP contribution in [0.3, 0.4) is 0 Å². The van der Waals surface area contributed by atoms with Crippen molar-refractivity contribution < 1.29 is 5.11 Å². The highest BCUT2D eigenvalue weighted by Gasteiger charge is 2.20. The maximum Gasteiger partial charge on any atom is 0.258 e. The summed E-state index contributed by atoms with van der Waals surface area (Å²) >= 11 is 0. The fraction of sp³-hybridized carbons (Fsp3) is 0.429. The Morgan fingerprint density at radius 3 is 3.05 bits per heavy atom. The zero-order valence-electron chi connectivity index (χ0n) is 10.9. The van der Waals surface area contributed by atoms with E-state index in [-0.39, 0.29) is 11.7 Å². The van der Waals surface area contributed by atoms with Gasteiger partial charge in [0.1, 0.15) is 5.65 Å². The van der Waals surface area contributed by atoms with Gasteiger partial charge in [0.2, 0.25) is 0 Å². The second kappa shape index (κ2) is 4.75. The van der Waals surface area contributed by atoms with Gasteiger partial charge >= 0.3 is 0 Å². The number of fused-ring (bicyclic) bond motifs is 1. The van der Waals surface area contributed by atoms with Gasteiger partial charge in [-0.1, -0.05) is 0 Å². The monoisotopic (exact) mass is 259 g/mol. The normalized spacial score (nSPS) is 20.2. The number of likely N-dealkylation sites (tertiary alicyclic amines) is 1. The molecule has 1 atom stereocenters. The second-order valence-corrected chi connectivity index (χ2v) is 5.20. The predicted octanol–water partition coefficient (Wildman–Crippen LogP) is 0.570. The standard InChI is InChI=1S/C14H17N3O2/c1-10-2-5-17-13(6-10)15-11(7-14(17)19)8-16-4-3-12(18)9-16/h2,5-7,12,18H,3-4,8-9H2,1H3/t12-/m0/s1. The number of aliphatic hydroxyl groups is 1. The van der Waals surface area contributed by atoms with Crippen LogP contribution in [-0.2, 0) is 6.54 Å². The van der Waals surface area contributed by atoms with Gasteiger partial charge in [-0.25, -0.2) is 4.98 Å². The highest BCUT2D eigenvalue weighted by molar-refractivity contribution is 5.41. The molecule has 2 aromatic rings. The Morgan fingerprint density at radius 1 is 1.47 bits per heavy atom. The summed E-state index contributed by atoms with van der Waals surface area (Å²) in [5, 5.41) is 9.51. The van der Waals surface area contributed by atoms with E-state index in [0.29, 0.717) is 18.7 Å². The number of hydrogen-bond acceptors (Lipinski definition) is 4. The molecule has 0 bridgehead atoms. The molecule has 1 aliphatic heterocycles. The lowest BCUT2D eigenvalue weighted by Crippen LogP contribution is -2.24. The first-order valence-electron chi connectivity index (χ1n) is 6.51. The van der Waals surface area contributed by atoms with Crippen molar-refractivity contribution in [3.8, 4) is 0 Å². The van der Waals surface area contributed by atoms with Crippen LogP contribution in [0.15, 0.2) is 29.2 Å². The molecule has 0 radical (unpaired) electrons. The Balaban J connectivity index is 1.94. The Labute approximate surface area is 111 Å². The van der Waals surface area contributed by atoms with Crippen molar-refractivity contribution in [1.29, 1.82) is 0 Å². The molecular weight excluding hydrogens is 242 g/mol. The van der Waals surface area contributed by atoms with Crippen molar-refractivity contribution in [3.63, 3.8) is 0 Å². The molecule has 3 rings (SSSR count). The smallest absolute Gasteiger partial charge is 0.258 e. The van der Waals surface area contributed by atoms with Gasteiger partial charge < -0.3 is 5.11 Å². The molecule has 19 heavy (non-hydrogen) atoms. The number of aromatic nitrogens is 2. The predicted molar refractivity (Wildman–Crippen MR) is 72.1 cm³/mol. The van der Waals surface area contributed by atoms with Crippen LogP contribution < -0.4 is 5.56 Å². The van der Waals surface area contributed by atoms with E-state index in [4.69, 9.17) is 0 Å². The Hall–Kier alpha value is -1.72. The minimum atomic E-state index is -0.246. The van der Waals surface area contributed by atoms with Gasteiger partial charge in [0.05, 0.1) is 11.8 Å². The molecule has 100 valence electrons. The summed E-state index contributed by atoms with van der Waals surface area (Å²) < 4.78 is 1.55. The van der Waals surface area contributed by atoms with Crippen LogP contribution in [0.2, 0.25) is 0 Å². The van der Waals surface area contributed by atoms with E-state index in [1.165, 1.54) is 0 Å². The third kappa shape index (κ3) is 2.52. The molecule has 0 aliphatic carbocycles. The molecule has 1 fully saturated rings. The van der Waals surface area contributed by atoms with E-state index >= 15 is 0 Å². The maximum atomic E-state index is 12.0. The number of pyridine rings is 1. The summed E-state index contributed by atoms with van der Waals surface area (Å²) in [6.07, 6.45) is 2.30. The fourth-order valence-corrected chi connectivity index (χ4v) is 2.52. The van der Waals surface area contributed by atoms with Crippen LogP contribution in [-0.4, -0.2) is 38.6 Å². The van der Waals surface area contributed by atoms with Crippen LogP contribution in [0.1, 0.15) is 17.7 Å². The van der Waals surface area contributed by atoms with E-state index in [0.717, 1.165) is 24.2 Å². The fourth-order valence-electron chi connectivity index (χ4n) is 2.52. The van der Waals surface area contributed by atoms with Gasteiger partial charge in [-0.3, -0.25) is 14.1 Å². The number of rotatable bonds is 2. The first-order valence-corrected chi connectivity index (χ1v) is 6.51. The van der Waals surface area contributed by atoms with Crippen LogP contribution in [0.4, 0.5) is 0 Å².